The molecule has 1 aromatic carbocycles. The van der Waals surface area contributed by atoms with Crippen molar-refractivity contribution >= 4 is 35.0 Å². The number of nitrogens with zero attached hydrogens (tertiary/aromatic N) is 1. The zero-order valence-electron chi connectivity index (χ0n) is 5.25. The van der Waals surface area contributed by atoms with Crippen molar-refractivity contribution in [2.24, 2.45) is 0 Å². The molecular weight excluding hydrogens is 241 g/mol. The molecule has 0 N–H and O–H groups in total. The number of rotatable bonds is 1. The Kier molecular flexibility index (Phi) is 2.26. The monoisotopic (exact) mass is 247 g/mol. The van der Waals surface area contributed by atoms with Crippen LogP contribution in [0, 0.1) is 8.78 Å². The fourth-order valence-electron chi connectivity index (χ4n) is 0.607. The lowest BCUT2D eigenvalue weighted by molar-refractivity contribution is -0.349. The van der Waals surface area contributed by atoms with Gasteiger partial charge in [-0.25, -0.2) is 0 Å². The lowest BCUT2D eigenvalue weighted by Crippen LogP contribution is -1.88. The van der Waals surface area contributed by atoms with E-state index in [-0.39, 0.29) is 0 Å². The smallest absolute Gasteiger partial charge is 0.215 e. The first-order valence-electron chi connectivity index (χ1n) is 2.73. The number of hydrogen-bond acceptors (Lipinski definition) is 1. The topological polar surface area (TPSA) is 26.1 Å². The molecule has 0 aliphatic heterocycles. The highest BCUT2D eigenvalue weighted by Gasteiger charge is 1.94. The van der Waals surface area contributed by atoms with Gasteiger partial charge >= 0.3 is 0 Å². The molecule has 52 valence electrons. The molecule has 0 unspecified atom stereocenters. The van der Waals surface area contributed by atoms with Gasteiger partial charge in [0.05, 0.1) is 0 Å². The molecule has 0 saturated carbocycles. The summed E-state index contributed by atoms with van der Waals surface area (Å²) in [7, 11) is 0. The van der Waals surface area contributed by atoms with Crippen LogP contribution in [0.4, 0.5) is 5.69 Å². The molecule has 0 aliphatic carbocycles. The second-order valence-electron chi connectivity index (χ2n) is 1.85. The van der Waals surface area contributed by atoms with Crippen LogP contribution < -0.4 is 0 Å². The minimum Gasteiger partial charge on any atom is -0.619 e. The zero-order chi connectivity index (χ0) is 7.56. The quantitative estimate of drug-likeness (QED) is 0.245. The van der Waals surface area contributed by atoms with E-state index >= 15 is 0 Å². The first kappa shape index (κ1) is 7.53. The molecule has 0 fully saturated rings. The number of halogens is 1. The standard InChI is InChI=1S/C7H6INO/c1-9(10)7-4-2-6(8)3-5-7/h2-5H,1H2. The highest BCUT2D eigenvalue weighted by Crippen LogP contribution is 2.12. The second kappa shape index (κ2) is 3.01. The van der Waals surface area contributed by atoms with Crippen LogP contribution in [0.3, 0.4) is 0 Å². The molecule has 0 aliphatic rings. The lowest BCUT2D eigenvalue weighted by atomic mass is 10.3. The third kappa shape index (κ3) is 1.70. The van der Waals surface area contributed by atoms with E-state index in [1.54, 1.807) is 12.1 Å². The van der Waals surface area contributed by atoms with Crippen molar-refractivity contribution in [1.82, 2.24) is 0 Å². The van der Waals surface area contributed by atoms with Gasteiger partial charge in [-0.15, -0.1) is 0 Å². The van der Waals surface area contributed by atoms with E-state index in [2.05, 4.69) is 29.3 Å². The summed E-state index contributed by atoms with van der Waals surface area (Å²) in [6.07, 6.45) is 0. The number of benzene rings is 1. The van der Waals surface area contributed by atoms with E-state index in [9.17, 15) is 5.21 Å². The Hall–Kier alpha value is -0.580. The average molecular weight is 247 g/mol. The Balaban J connectivity index is 3.00. The lowest BCUT2D eigenvalue weighted by Gasteiger charge is -1.98. The van der Waals surface area contributed by atoms with Crippen LogP contribution in [-0.4, -0.2) is 11.5 Å². The van der Waals surface area contributed by atoms with E-state index in [1.165, 1.54) is 0 Å². The van der Waals surface area contributed by atoms with Gasteiger partial charge in [0.15, 0.2) is 0 Å². The Bertz CT molecular complexity index is 242. The van der Waals surface area contributed by atoms with Crippen LogP contribution in [0.25, 0.3) is 0 Å². The first-order valence-corrected chi connectivity index (χ1v) is 3.81. The molecular formula is C7H6INO. The molecule has 1 aromatic rings. The Morgan fingerprint density at radius 2 is 1.80 bits per heavy atom. The van der Waals surface area contributed by atoms with Crippen molar-refractivity contribution in [3.63, 3.8) is 0 Å². The predicted molar refractivity (Wildman–Crippen MR) is 49.6 cm³/mol. The normalized spacial score (nSPS) is 9.30. The molecule has 0 bridgehead atoms. The van der Waals surface area contributed by atoms with Gasteiger partial charge in [0.1, 0.15) is 6.72 Å². The van der Waals surface area contributed by atoms with Gasteiger partial charge in [0.2, 0.25) is 5.69 Å². The van der Waals surface area contributed by atoms with Crippen LogP contribution in [-0.2, 0) is 0 Å². The third-order valence-corrected chi connectivity index (χ3v) is 1.83. The molecule has 0 atom stereocenters. The van der Waals surface area contributed by atoms with Crippen molar-refractivity contribution in [3.8, 4) is 0 Å². The molecule has 0 amide bonds. The van der Waals surface area contributed by atoms with Gasteiger partial charge in [-0.3, -0.25) is 0 Å². The van der Waals surface area contributed by atoms with Gasteiger partial charge < -0.3 is 5.21 Å². The van der Waals surface area contributed by atoms with Gasteiger partial charge in [-0.05, 0) is 34.7 Å². The number of hydrogen-bond donors (Lipinski definition) is 0. The summed E-state index contributed by atoms with van der Waals surface area (Å²) in [6, 6.07) is 7.21. The summed E-state index contributed by atoms with van der Waals surface area (Å²) >= 11 is 2.18. The van der Waals surface area contributed by atoms with Gasteiger partial charge in [0, 0.05) is 15.7 Å². The van der Waals surface area contributed by atoms with Crippen molar-refractivity contribution in [2.45, 2.75) is 0 Å². The van der Waals surface area contributed by atoms with E-state index in [1.807, 2.05) is 12.1 Å². The average Bonchev–Trinajstić information content (AvgIpc) is 1.88. The maximum atomic E-state index is 10.6. The van der Waals surface area contributed by atoms with Crippen molar-refractivity contribution in [3.05, 3.63) is 33.0 Å². The van der Waals surface area contributed by atoms with Gasteiger partial charge in [-0.1, -0.05) is 0 Å². The summed E-state index contributed by atoms with van der Waals surface area (Å²) < 4.78 is 1.71. The molecule has 0 radical (unpaired) electrons. The van der Waals surface area contributed by atoms with E-state index < -0.39 is 0 Å². The van der Waals surface area contributed by atoms with Crippen LogP contribution in [0.5, 0.6) is 0 Å². The fraction of sp³-hybridized carbons (Fsp3) is 0. The molecule has 1 rings (SSSR count). The van der Waals surface area contributed by atoms with Crippen molar-refractivity contribution < 1.29 is 4.74 Å². The van der Waals surface area contributed by atoms with E-state index in [4.69, 9.17) is 0 Å². The SMILES string of the molecule is C=[N+]([O-])c1ccc(I)cc1. The largest absolute Gasteiger partial charge is 0.619 e. The minimum atomic E-state index is 0.584. The van der Waals surface area contributed by atoms with Crippen LogP contribution in [0.1, 0.15) is 0 Å². The molecule has 3 heteroatoms. The zero-order valence-corrected chi connectivity index (χ0v) is 7.41. The highest BCUT2D eigenvalue weighted by molar-refractivity contribution is 14.1. The fourth-order valence-corrected chi connectivity index (χ4v) is 0.967. The van der Waals surface area contributed by atoms with Crippen LogP contribution in [0.2, 0.25) is 0 Å². The first-order chi connectivity index (χ1) is 4.70. The summed E-state index contributed by atoms with van der Waals surface area (Å²) in [5.74, 6) is 0. The van der Waals surface area contributed by atoms with E-state index in [0.717, 1.165) is 3.57 Å². The highest BCUT2D eigenvalue weighted by atomic mass is 127. The maximum Gasteiger partial charge on any atom is 0.215 e. The van der Waals surface area contributed by atoms with Crippen LogP contribution in [0.15, 0.2) is 24.3 Å². The Morgan fingerprint density at radius 3 is 2.20 bits per heavy atom. The minimum absolute atomic E-state index is 0.584. The van der Waals surface area contributed by atoms with Gasteiger partial charge in [0.25, 0.3) is 0 Å². The van der Waals surface area contributed by atoms with E-state index in [0.29, 0.717) is 10.4 Å². The summed E-state index contributed by atoms with van der Waals surface area (Å²) in [6.45, 7) is 3.21. The van der Waals surface area contributed by atoms with Crippen LogP contribution >= 0.6 is 22.6 Å². The molecule has 10 heavy (non-hydrogen) atoms. The third-order valence-electron chi connectivity index (χ3n) is 1.11. The summed E-state index contributed by atoms with van der Waals surface area (Å²) in [4.78, 5) is 0. The molecule has 0 aromatic heterocycles. The summed E-state index contributed by atoms with van der Waals surface area (Å²) in [5, 5.41) is 10.6. The Morgan fingerprint density at radius 1 is 1.30 bits per heavy atom. The molecule has 2 nitrogen and oxygen atoms in total. The van der Waals surface area contributed by atoms with Crippen molar-refractivity contribution in [1.29, 1.82) is 0 Å². The molecule has 0 spiro atoms. The maximum absolute atomic E-state index is 10.6. The van der Waals surface area contributed by atoms with Gasteiger partial charge in [-0.2, -0.15) is 4.74 Å². The Labute approximate surface area is 72.9 Å². The molecule has 0 saturated heterocycles. The molecule has 0 heterocycles. The van der Waals surface area contributed by atoms with Crippen molar-refractivity contribution in [2.75, 3.05) is 0 Å². The predicted octanol–water partition coefficient (Wildman–Crippen LogP) is 2.13. The summed E-state index contributed by atoms with van der Waals surface area (Å²) in [5.41, 5.74) is 0.584. The second-order valence-corrected chi connectivity index (χ2v) is 3.10.